The Balaban J connectivity index is 1.31. The molecular formula is C19H20N4O2. The van der Waals surface area contributed by atoms with Crippen LogP contribution in [0, 0.1) is 0 Å². The Bertz CT molecular complexity index is 841. The maximum absolute atomic E-state index is 12.2. The normalized spacial score (nSPS) is 16.1. The van der Waals surface area contributed by atoms with E-state index in [1.54, 1.807) is 18.4 Å². The molecule has 6 heteroatoms. The molecule has 128 valence electrons. The van der Waals surface area contributed by atoms with E-state index in [0.29, 0.717) is 5.76 Å². The SMILES string of the molecule is O=C(/C=C/c1ccco1)N1CCN(Cc2cc3ccccn3n2)CC1. The number of piperazine rings is 1. The molecule has 0 N–H and O–H groups in total. The summed E-state index contributed by atoms with van der Waals surface area (Å²) in [5.41, 5.74) is 2.16. The minimum Gasteiger partial charge on any atom is -0.465 e. The van der Waals surface area contributed by atoms with Gasteiger partial charge in [0.05, 0.1) is 17.5 Å². The molecule has 1 amide bonds. The molecule has 0 spiro atoms. The van der Waals surface area contributed by atoms with Gasteiger partial charge in [0.25, 0.3) is 0 Å². The maximum atomic E-state index is 12.2. The summed E-state index contributed by atoms with van der Waals surface area (Å²) in [5, 5.41) is 4.59. The molecule has 1 saturated heterocycles. The van der Waals surface area contributed by atoms with Crippen LogP contribution in [0.5, 0.6) is 0 Å². The van der Waals surface area contributed by atoms with Crippen molar-refractivity contribution in [1.29, 1.82) is 0 Å². The van der Waals surface area contributed by atoms with Crippen molar-refractivity contribution in [3.05, 3.63) is 66.4 Å². The van der Waals surface area contributed by atoms with E-state index in [0.717, 1.165) is 43.9 Å². The van der Waals surface area contributed by atoms with Gasteiger partial charge in [0, 0.05) is 45.0 Å². The monoisotopic (exact) mass is 336 g/mol. The Morgan fingerprint density at radius 1 is 1.16 bits per heavy atom. The fraction of sp³-hybridized carbons (Fsp3) is 0.263. The summed E-state index contributed by atoms with van der Waals surface area (Å²) in [7, 11) is 0. The Labute approximate surface area is 145 Å². The van der Waals surface area contributed by atoms with Crippen molar-refractivity contribution >= 4 is 17.5 Å². The number of pyridine rings is 1. The van der Waals surface area contributed by atoms with E-state index in [2.05, 4.69) is 22.1 Å². The zero-order chi connectivity index (χ0) is 17.1. The van der Waals surface area contributed by atoms with Crippen LogP contribution >= 0.6 is 0 Å². The van der Waals surface area contributed by atoms with E-state index in [1.165, 1.54) is 0 Å². The van der Waals surface area contributed by atoms with Gasteiger partial charge in [-0.3, -0.25) is 9.69 Å². The Kier molecular flexibility index (Phi) is 4.35. The van der Waals surface area contributed by atoms with E-state index in [1.807, 2.05) is 39.9 Å². The minimum absolute atomic E-state index is 0.0313. The number of hydrogen-bond donors (Lipinski definition) is 0. The first-order valence-electron chi connectivity index (χ1n) is 8.44. The third-order valence-corrected chi connectivity index (χ3v) is 4.42. The van der Waals surface area contributed by atoms with Crippen LogP contribution in [0.3, 0.4) is 0 Å². The Hall–Kier alpha value is -2.86. The van der Waals surface area contributed by atoms with Crippen LogP contribution in [0.4, 0.5) is 0 Å². The fourth-order valence-corrected chi connectivity index (χ4v) is 3.07. The van der Waals surface area contributed by atoms with Gasteiger partial charge >= 0.3 is 0 Å². The van der Waals surface area contributed by atoms with Crippen molar-refractivity contribution in [3.8, 4) is 0 Å². The largest absolute Gasteiger partial charge is 0.465 e. The van der Waals surface area contributed by atoms with Gasteiger partial charge in [-0.05, 0) is 36.4 Å². The highest BCUT2D eigenvalue weighted by molar-refractivity contribution is 5.91. The predicted molar refractivity (Wildman–Crippen MR) is 94.8 cm³/mol. The molecule has 3 aromatic heterocycles. The highest BCUT2D eigenvalue weighted by atomic mass is 16.3. The van der Waals surface area contributed by atoms with E-state index in [9.17, 15) is 4.79 Å². The first-order chi connectivity index (χ1) is 12.3. The number of fused-ring (bicyclic) bond motifs is 1. The zero-order valence-electron chi connectivity index (χ0n) is 13.9. The number of carbonyl (C=O) groups excluding carboxylic acids is 1. The average Bonchev–Trinajstić information content (AvgIpc) is 3.29. The fourth-order valence-electron chi connectivity index (χ4n) is 3.07. The topological polar surface area (TPSA) is 54.0 Å². The number of furan rings is 1. The molecule has 0 saturated carbocycles. The van der Waals surface area contributed by atoms with Crippen LogP contribution in [-0.4, -0.2) is 51.5 Å². The number of carbonyl (C=O) groups is 1. The van der Waals surface area contributed by atoms with Crippen LogP contribution in [0.25, 0.3) is 11.6 Å². The zero-order valence-corrected chi connectivity index (χ0v) is 13.9. The summed E-state index contributed by atoms with van der Waals surface area (Å²) in [5.74, 6) is 0.725. The smallest absolute Gasteiger partial charge is 0.246 e. The van der Waals surface area contributed by atoms with Gasteiger partial charge < -0.3 is 9.32 Å². The molecule has 4 rings (SSSR count). The lowest BCUT2D eigenvalue weighted by Crippen LogP contribution is -2.47. The van der Waals surface area contributed by atoms with E-state index >= 15 is 0 Å². The summed E-state index contributed by atoms with van der Waals surface area (Å²) in [6.07, 6.45) is 6.85. The molecule has 0 atom stereocenters. The van der Waals surface area contributed by atoms with Crippen molar-refractivity contribution < 1.29 is 9.21 Å². The molecule has 4 heterocycles. The lowest BCUT2D eigenvalue weighted by Gasteiger charge is -2.33. The number of amides is 1. The third-order valence-electron chi connectivity index (χ3n) is 4.42. The summed E-state index contributed by atoms with van der Waals surface area (Å²) >= 11 is 0. The van der Waals surface area contributed by atoms with Crippen LogP contribution in [0.2, 0.25) is 0 Å². The van der Waals surface area contributed by atoms with Gasteiger partial charge in [-0.25, -0.2) is 4.52 Å². The van der Waals surface area contributed by atoms with Gasteiger partial charge in [0.2, 0.25) is 5.91 Å². The quantitative estimate of drug-likeness (QED) is 0.686. The molecule has 0 aromatic carbocycles. The molecule has 0 bridgehead atoms. The molecule has 0 radical (unpaired) electrons. The number of nitrogens with zero attached hydrogens (tertiary/aromatic N) is 4. The molecule has 0 unspecified atom stereocenters. The van der Waals surface area contributed by atoms with Crippen LogP contribution in [-0.2, 0) is 11.3 Å². The second-order valence-electron chi connectivity index (χ2n) is 6.16. The van der Waals surface area contributed by atoms with Gasteiger partial charge in [0.1, 0.15) is 5.76 Å². The molecular weight excluding hydrogens is 316 g/mol. The molecule has 1 aliphatic rings. The summed E-state index contributed by atoms with van der Waals surface area (Å²) < 4.78 is 7.10. The van der Waals surface area contributed by atoms with Crippen molar-refractivity contribution in [1.82, 2.24) is 19.4 Å². The van der Waals surface area contributed by atoms with Gasteiger partial charge in [-0.2, -0.15) is 5.10 Å². The van der Waals surface area contributed by atoms with Gasteiger partial charge in [-0.1, -0.05) is 6.07 Å². The number of hydrogen-bond acceptors (Lipinski definition) is 4. The van der Waals surface area contributed by atoms with E-state index in [-0.39, 0.29) is 5.91 Å². The summed E-state index contributed by atoms with van der Waals surface area (Å²) in [6.45, 7) is 3.98. The predicted octanol–water partition coefficient (Wildman–Crippen LogP) is 2.28. The molecule has 0 aliphatic carbocycles. The van der Waals surface area contributed by atoms with Crippen molar-refractivity contribution in [2.45, 2.75) is 6.54 Å². The Morgan fingerprint density at radius 2 is 2.04 bits per heavy atom. The molecule has 3 aromatic rings. The standard InChI is InChI=1S/C19H20N4O2/c24-19(7-6-18-5-3-13-25-18)22-11-9-21(10-12-22)15-16-14-17-4-1-2-8-23(17)20-16/h1-8,13-14H,9-12,15H2/b7-6+. The second kappa shape index (κ2) is 6.94. The van der Waals surface area contributed by atoms with Gasteiger partial charge in [0.15, 0.2) is 0 Å². The highest BCUT2D eigenvalue weighted by Crippen LogP contribution is 2.11. The molecule has 6 nitrogen and oxygen atoms in total. The summed E-state index contributed by atoms with van der Waals surface area (Å²) in [6, 6.07) is 11.8. The average molecular weight is 336 g/mol. The number of rotatable bonds is 4. The van der Waals surface area contributed by atoms with Crippen molar-refractivity contribution in [2.24, 2.45) is 0 Å². The van der Waals surface area contributed by atoms with Crippen LogP contribution < -0.4 is 0 Å². The van der Waals surface area contributed by atoms with Crippen LogP contribution in [0.1, 0.15) is 11.5 Å². The van der Waals surface area contributed by atoms with E-state index < -0.39 is 0 Å². The lowest BCUT2D eigenvalue weighted by molar-refractivity contribution is -0.127. The van der Waals surface area contributed by atoms with Gasteiger partial charge in [-0.15, -0.1) is 0 Å². The number of aromatic nitrogens is 2. The maximum Gasteiger partial charge on any atom is 0.246 e. The van der Waals surface area contributed by atoms with Crippen molar-refractivity contribution in [3.63, 3.8) is 0 Å². The second-order valence-corrected chi connectivity index (χ2v) is 6.16. The third kappa shape index (κ3) is 3.64. The van der Waals surface area contributed by atoms with Crippen molar-refractivity contribution in [2.75, 3.05) is 26.2 Å². The minimum atomic E-state index is 0.0313. The van der Waals surface area contributed by atoms with E-state index in [4.69, 9.17) is 4.42 Å². The molecule has 25 heavy (non-hydrogen) atoms. The first-order valence-corrected chi connectivity index (χ1v) is 8.44. The molecule has 1 fully saturated rings. The highest BCUT2D eigenvalue weighted by Gasteiger charge is 2.20. The lowest BCUT2D eigenvalue weighted by atomic mass is 10.2. The van der Waals surface area contributed by atoms with Crippen LogP contribution in [0.15, 0.2) is 59.4 Å². The Morgan fingerprint density at radius 3 is 2.80 bits per heavy atom. The summed E-state index contributed by atoms with van der Waals surface area (Å²) in [4.78, 5) is 16.4. The molecule has 1 aliphatic heterocycles. The first kappa shape index (κ1) is 15.7.